The average Bonchev–Trinajstić information content (AvgIpc) is 3.37. The van der Waals surface area contributed by atoms with Crippen LogP contribution in [0.25, 0.3) is 27.7 Å². The zero-order valence-electron chi connectivity index (χ0n) is 26.3. The molecule has 6 rings (SSSR count). The third kappa shape index (κ3) is 6.49. The molecule has 8 nitrogen and oxygen atoms in total. The Morgan fingerprint density at radius 3 is 2.21 bits per heavy atom. The second-order valence-corrected chi connectivity index (χ2v) is 12.2. The van der Waals surface area contributed by atoms with Crippen molar-refractivity contribution in [2.24, 2.45) is 12.2 Å². The fourth-order valence-electron chi connectivity index (χ4n) is 5.89. The Hall–Kier alpha value is -5.38. The van der Waals surface area contributed by atoms with Crippen LogP contribution in [0.4, 0.5) is 11.4 Å². The molecule has 0 bridgehead atoms. The van der Waals surface area contributed by atoms with Gasteiger partial charge in [-0.25, -0.2) is 0 Å². The number of aromatic nitrogens is 1. The molecule has 0 saturated heterocycles. The van der Waals surface area contributed by atoms with Crippen molar-refractivity contribution in [2.45, 2.75) is 18.7 Å². The lowest BCUT2D eigenvalue weighted by Crippen LogP contribution is -2.07. The van der Waals surface area contributed by atoms with Crippen LogP contribution in [0.3, 0.4) is 0 Å². The Morgan fingerprint density at radius 2 is 1.53 bits per heavy atom. The molecule has 4 aromatic carbocycles. The molecule has 0 aliphatic heterocycles. The van der Waals surface area contributed by atoms with Crippen LogP contribution in [0.1, 0.15) is 25.0 Å². The number of oxime groups is 1. The standard InChI is InChI=1S/C38H35N3O5S/c1-4-45-34-17-11-15-32(38(34)47(42,43)44)39-29-22-18-26(19-23-29)35(27-20-24-30(25-21-27)40-46-5-2)36-31-14-9-10-16-33(31)41(3)37(36)28-12-7-6-8-13-28/h6-25,39H,4-5H2,1-3H3,(H,42,43,44). The highest BCUT2D eigenvalue weighted by Crippen LogP contribution is 2.43. The van der Waals surface area contributed by atoms with Crippen molar-refractivity contribution in [3.63, 3.8) is 0 Å². The van der Waals surface area contributed by atoms with Gasteiger partial charge in [0.2, 0.25) is 0 Å². The van der Waals surface area contributed by atoms with E-state index in [1.54, 1.807) is 19.1 Å². The van der Waals surface area contributed by atoms with Gasteiger partial charge in [-0.1, -0.05) is 84.0 Å². The maximum atomic E-state index is 12.4. The SMILES string of the molecule is CCON=C1C=CC(=C(c2ccc(Nc3cccc(OCC)c3S(=O)(=O)O)cc2)c2c(-c3ccccc3)n(C)c3ccccc23)C=C1. The van der Waals surface area contributed by atoms with Crippen LogP contribution in [0, 0.1) is 0 Å². The second-order valence-electron chi connectivity index (χ2n) is 10.8. The molecule has 0 radical (unpaired) electrons. The molecule has 0 amide bonds. The quantitative estimate of drug-likeness (QED) is 0.117. The molecule has 1 aromatic heterocycles. The minimum atomic E-state index is -4.57. The van der Waals surface area contributed by atoms with Gasteiger partial charge < -0.3 is 19.5 Å². The molecule has 0 unspecified atom stereocenters. The highest BCUT2D eigenvalue weighted by Gasteiger charge is 2.24. The molecule has 0 spiro atoms. The smallest absolute Gasteiger partial charge is 0.300 e. The van der Waals surface area contributed by atoms with E-state index in [1.165, 1.54) is 6.07 Å². The van der Waals surface area contributed by atoms with Gasteiger partial charge in [-0.3, -0.25) is 4.55 Å². The summed E-state index contributed by atoms with van der Waals surface area (Å²) >= 11 is 0. The summed E-state index contributed by atoms with van der Waals surface area (Å²) in [5.74, 6) is 0.0798. The first-order valence-electron chi connectivity index (χ1n) is 15.3. The van der Waals surface area contributed by atoms with Gasteiger partial charge in [-0.15, -0.1) is 0 Å². The third-order valence-electron chi connectivity index (χ3n) is 7.85. The van der Waals surface area contributed by atoms with Gasteiger partial charge in [0, 0.05) is 29.2 Å². The topological polar surface area (TPSA) is 102 Å². The number of fused-ring (bicyclic) bond motifs is 1. The summed E-state index contributed by atoms with van der Waals surface area (Å²) in [6, 6.07) is 31.3. The fourth-order valence-corrected chi connectivity index (χ4v) is 6.67. The number of nitrogens with one attached hydrogen (secondary N) is 1. The highest BCUT2D eigenvalue weighted by molar-refractivity contribution is 7.86. The van der Waals surface area contributed by atoms with Gasteiger partial charge in [0.15, 0.2) is 4.90 Å². The maximum absolute atomic E-state index is 12.4. The van der Waals surface area contributed by atoms with E-state index in [0.717, 1.165) is 50.1 Å². The van der Waals surface area contributed by atoms with Crippen LogP contribution >= 0.6 is 0 Å². The van der Waals surface area contributed by atoms with Crippen molar-refractivity contribution in [3.05, 3.63) is 138 Å². The minimum Gasteiger partial charge on any atom is -0.492 e. The van der Waals surface area contributed by atoms with Crippen LogP contribution < -0.4 is 10.1 Å². The van der Waals surface area contributed by atoms with E-state index in [1.807, 2.05) is 79.8 Å². The van der Waals surface area contributed by atoms with Gasteiger partial charge in [-0.05, 0) is 78.6 Å². The first-order valence-corrected chi connectivity index (χ1v) is 16.8. The monoisotopic (exact) mass is 645 g/mol. The fraction of sp³-hybridized carbons (Fsp3) is 0.132. The number of rotatable bonds is 10. The molecular weight excluding hydrogens is 611 g/mol. The Kier molecular flexibility index (Phi) is 9.10. The van der Waals surface area contributed by atoms with Gasteiger partial charge in [0.05, 0.1) is 18.0 Å². The lowest BCUT2D eigenvalue weighted by molar-refractivity contribution is 0.159. The van der Waals surface area contributed by atoms with E-state index in [-0.39, 0.29) is 22.9 Å². The van der Waals surface area contributed by atoms with Crippen molar-refractivity contribution < 1.29 is 22.5 Å². The number of para-hydroxylation sites is 1. The van der Waals surface area contributed by atoms with Gasteiger partial charge in [-0.2, -0.15) is 8.42 Å². The summed E-state index contributed by atoms with van der Waals surface area (Å²) in [7, 11) is -2.48. The number of ether oxygens (including phenoxy) is 1. The largest absolute Gasteiger partial charge is 0.492 e. The third-order valence-corrected chi connectivity index (χ3v) is 8.79. The average molecular weight is 646 g/mol. The molecule has 9 heteroatoms. The zero-order valence-corrected chi connectivity index (χ0v) is 27.2. The summed E-state index contributed by atoms with van der Waals surface area (Å²) in [6.45, 7) is 4.38. The molecule has 1 aliphatic rings. The Labute approximate surface area is 274 Å². The number of hydrogen-bond acceptors (Lipinski definition) is 6. The maximum Gasteiger partial charge on any atom is 0.300 e. The molecule has 47 heavy (non-hydrogen) atoms. The van der Waals surface area contributed by atoms with E-state index in [0.29, 0.717) is 12.3 Å². The molecule has 1 heterocycles. The minimum absolute atomic E-state index is 0.0798. The number of aryl methyl sites for hydroxylation is 1. The summed E-state index contributed by atoms with van der Waals surface area (Å²) < 4.78 is 42.5. The Bertz CT molecular complexity index is 2140. The van der Waals surface area contributed by atoms with Crippen molar-refractivity contribution in [3.8, 4) is 17.0 Å². The number of allylic oxidation sites excluding steroid dienone is 5. The molecule has 0 fully saturated rings. The lowest BCUT2D eigenvalue weighted by Gasteiger charge is -2.18. The van der Waals surface area contributed by atoms with Crippen LogP contribution in [0.5, 0.6) is 5.75 Å². The number of hydrogen-bond donors (Lipinski definition) is 2. The summed E-state index contributed by atoms with van der Waals surface area (Å²) in [6.07, 6.45) is 7.98. The molecule has 0 saturated carbocycles. The molecule has 238 valence electrons. The number of benzene rings is 4. The van der Waals surface area contributed by atoms with Crippen molar-refractivity contribution in [2.75, 3.05) is 18.5 Å². The lowest BCUT2D eigenvalue weighted by atomic mass is 9.87. The predicted molar refractivity (Wildman–Crippen MR) is 189 cm³/mol. The van der Waals surface area contributed by atoms with Gasteiger partial charge in [0.25, 0.3) is 10.1 Å². The molecule has 1 aliphatic carbocycles. The van der Waals surface area contributed by atoms with Gasteiger partial charge in [0.1, 0.15) is 18.1 Å². The molecule has 0 atom stereocenters. The first-order chi connectivity index (χ1) is 22.8. The van der Waals surface area contributed by atoms with E-state index in [4.69, 9.17) is 9.57 Å². The van der Waals surface area contributed by atoms with Crippen molar-refractivity contribution in [1.29, 1.82) is 0 Å². The van der Waals surface area contributed by atoms with Crippen LogP contribution in [-0.2, 0) is 22.0 Å². The molecular formula is C38H35N3O5S. The normalized spacial score (nSPS) is 12.8. The van der Waals surface area contributed by atoms with E-state index >= 15 is 0 Å². The predicted octanol–water partition coefficient (Wildman–Crippen LogP) is 8.55. The first kappa shape index (κ1) is 31.6. The van der Waals surface area contributed by atoms with E-state index in [2.05, 4.69) is 52.4 Å². The van der Waals surface area contributed by atoms with Crippen molar-refractivity contribution >= 4 is 43.7 Å². The van der Waals surface area contributed by atoms with Crippen LogP contribution in [0.2, 0.25) is 0 Å². The van der Waals surface area contributed by atoms with E-state index in [9.17, 15) is 13.0 Å². The molecule has 5 aromatic rings. The van der Waals surface area contributed by atoms with Crippen LogP contribution in [0.15, 0.2) is 137 Å². The Morgan fingerprint density at radius 1 is 0.830 bits per heavy atom. The van der Waals surface area contributed by atoms with E-state index < -0.39 is 10.1 Å². The van der Waals surface area contributed by atoms with Gasteiger partial charge >= 0.3 is 0 Å². The second kappa shape index (κ2) is 13.5. The summed E-state index contributed by atoms with van der Waals surface area (Å²) in [5, 5.41) is 8.47. The number of anilines is 2. The van der Waals surface area contributed by atoms with Crippen molar-refractivity contribution in [1.82, 2.24) is 4.57 Å². The summed E-state index contributed by atoms with van der Waals surface area (Å²) in [4.78, 5) is 4.98. The number of nitrogens with zero attached hydrogens (tertiary/aromatic N) is 2. The highest BCUT2D eigenvalue weighted by atomic mass is 32.2. The zero-order chi connectivity index (χ0) is 33.0. The van der Waals surface area contributed by atoms with Crippen LogP contribution in [-0.4, -0.2) is 36.5 Å². The molecule has 2 N–H and O–H groups in total. The Balaban J connectivity index is 1.52. The summed E-state index contributed by atoms with van der Waals surface area (Å²) in [5.41, 5.74) is 8.90.